The van der Waals surface area contributed by atoms with Crippen LogP contribution in [-0.2, 0) is 0 Å². The van der Waals surface area contributed by atoms with Gasteiger partial charge in [0, 0.05) is 12.1 Å². The number of hydrogen-bond donors (Lipinski definition) is 2. The lowest BCUT2D eigenvalue weighted by Crippen LogP contribution is -2.43. The second-order valence-electron chi connectivity index (χ2n) is 4.23. The number of nitrogens with two attached hydrogens (primary N) is 1. The molecule has 12 heavy (non-hydrogen) atoms. The molecule has 3 N–H and O–H groups in total. The van der Waals surface area contributed by atoms with Crippen LogP contribution >= 0.6 is 0 Å². The van der Waals surface area contributed by atoms with Crippen LogP contribution in [0, 0.1) is 0 Å². The highest BCUT2D eigenvalue weighted by Crippen LogP contribution is 1.98. The van der Waals surface area contributed by atoms with Gasteiger partial charge in [-0.15, -0.1) is 0 Å². The summed E-state index contributed by atoms with van der Waals surface area (Å²) in [5.74, 6) is 0. The first kappa shape index (κ1) is 11.9. The van der Waals surface area contributed by atoms with E-state index in [0.717, 1.165) is 13.1 Å². The van der Waals surface area contributed by atoms with Crippen molar-refractivity contribution in [1.82, 2.24) is 5.32 Å². The van der Waals surface area contributed by atoms with E-state index in [2.05, 4.69) is 12.2 Å². The van der Waals surface area contributed by atoms with E-state index in [4.69, 9.17) is 5.73 Å². The van der Waals surface area contributed by atoms with Crippen molar-refractivity contribution in [1.29, 1.82) is 0 Å². The molecule has 0 heterocycles. The largest absolute Gasteiger partial charge is 0.324 e. The molecule has 0 aliphatic rings. The summed E-state index contributed by atoms with van der Waals surface area (Å²) in [6.45, 7) is 8.36. The third-order valence-corrected chi connectivity index (χ3v) is 1.79. The maximum Gasteiger partial charge on any atom is 0.0223 e. The highest BCUT2D eigenvalue weighted by Gasteiger charge is 2.08. The van der Waals surface area contributed by atoms with Crippen LogP contribution in [0.5, 0.6) is 0 Å². The summed E-state index contributed by atoms with van der Waals surface area (Å²) >= 11 is 0. The van der Waals surface area contributed by atoms with Gasteiger partial charge in [-0.1, -0.05) is 26.2 Å². The van der Waals surface area contributed by atoms with E-state index < -0.39 is 0 Å². The van der Waals surface area contributed by atoms with Gasteiger partial charge < -0.3 is 11.1 Å². The Morgan fingerprint density at radius 3 is 2.33 bits per heavy atom. The summed E-state index contributed by atoms with van der Waals surface area (Å²) in [6, 6.07) is 0. The molecule has 2 nitrogen and oxygen atoms in total. The van der Waals surface area contributed by atoms with Crippen molar-refractivity contribution < 1.29 is 0 Å². The molecule has 2 heteroatoms. The average Bonchev–Trinajstić information content (AvgIpc) is 1.94. The topological polar surface area (TPSA) is 38.0 Å². The number of unbranched alkanes of at least 4 members (excludes halogenated alkanes) is 3. The molecule has 0 spiro atoms. The number of nitrogens with one attached hydrogen (secondary N) is 1. The standard InChI is InChI=1S/C10H24N2/c1-4-5-6-7-8-12-9-10(2,3)11/h12H,4-9,11H2,1-3H3. The Hall–Kier alpha value is -0.0800. The highest BCUT2D eigenvalue weighted by molar-refractivity contribution is 4.74. The van der Waals surface area contributed by atoms with E-state index in [1.54, 1.807) is 0 Å². The molecular weight excluding hydrogens is 148 g/mol. The van der Waals surface area contributed by atoms with E-state index in [-0.39, 0.29) is 5.54 Å². The predicted molar refractivity (Wildman–Crippen MR) is 55.3 cm³/mol. The van der Waals surface area contributed by atoms with E-state index in [1.165, 1.54) is 25.7 Å². The molecule has 0 saturated heterocycles. The summed E-state index contributed by atoms with van der Waals surface area (Å²) < 4.78 is 0. The molecule has 0 aromatic heterocycles. The van der Waals surface area contributed by atoms with Gasteiger partial charge in [0.15, 0.2) is 0 Å². The van der Waals surface area contributed by atoms with E-state index in [1.807, 2.05) is 13.8 Å². The van der Waals surface area contributed by atoms with Gasteiger partial charge in [0.2, 0.25) is 0 Å². The van der Waals surface area contributed by atoms with Crippen molar-refractivity contribution in [3.05, 3.63) is 0 Å². The van der Waals surface area contributed by atoms with Gasteiger partial charge >= 0.3 is 0 Å². The molecule has 74 valence electrons. The second kappa shape index (κ2) is 6.44. The van der Waals surface area contributed by atoms with E-state index in [0.29, 0.717) is 0 Å². The molecule has 0 amide bonds. The van der Waals surface area contributed by atoms with Gasteiger partial charge in [-0.05, 0) is 26.8 Å². The molecule has 0 aliphatic carbocycles. The molecule has 0 atom stereocenters. The maximum absolute atomic E-state index is 5.81. The Morgan fingerprint density at radius 1 is 1.17 bits per heavy atom. The van der Waals surface area contributed by atoms with Crippen LogP contribution in [0.2, 0.25) is 0 Å². The zero-order valence-corrected chi connectivity index (χ0v) is 8.82. The molecule has 0 unspecified atom stereocenters. The molecular formula is C10H24N2. The average molecular weight is 172 g/mol. The number of hydrogen-bond acceptors (Lipinski definition) is 2. The van der Waals surface area contributed by atoms with Gasteiger partial charge in [-0.3, -0.25) is 0 Å². The van der Waals surface area contributed by atoms with Crippen LogP contribution in [0.15, 0.2) is 0 Å². The molecule has 0 saturated carbocycles. The lowest BCUT2D eigenvalue weighted by molar-refractivity contribution is 0.459. The fourth-order valence-electron chi connectivity index (χ4n) is 1.09. The fraction of sp³-hybridized carbons (Fsp3) is 1.00. The third-order valence-electron chi connectivity index (χ3n) is 1.79. The third kappa shape index (κ3) is 9.92. The Labute approximate surface area is 76.9 Å². The van der Waals surface area contributed by atoms with Crippen LogP contribution in [0.3, 0.4) is 0 Å². The summed E-state index contributed by atoms with van der Waals surface area (Å²) in [4.78, 5) is 0. The quantitative estimate of drug-likeness (QED) is 0.576. The molecule has 0 rings (SSSR count). The van der Waals surface area contributed by atoms with Crippen LogP contribution in [-0.4, -0.2) is 18.6 Å². The number of rotatable bonds is 7. The Balaban J connectivity index is 3.01. The minimum absolute atomic E-state index is 0.0647. The van der Waals surface area contributed by atoms with Gasteiger partial charge in [-0.2, -0.15) is 0 Å². The maximum atomic E-state index is 5.81. The Kier molecular flexibility index (Phi) is 6.39. The lowest BCUT2D eigenvalue weighted by atomic mass is 10.1. The van der Waals surface area contributed by atoms with Crippen molar-refractivity contribution in [2.75, 3.05) is 13.1 Å². The predicted octanol–water partition coefficient (Wildman–Crippen LogP) is 1.89. The Morgan fingerprint density at radius 2 is 1.83 bits per heavy atom. The molecule has 0 aromatic carbocycles. The zero-order valence-electron chi connectivity index (χ0n) is 8.82. The monoisotopic (exact) mass is 172 g/mol. The minimum atomic E-state index is -0.0647. The smallest absolute Gasteiger partial charge is 0.0223 e. The van der Waals surface area contributed by atoms with Gasteiger partial charge in [-0.25, -0.2) is 0 Å². The first-order valence-electron chi connectivity index (χ1n) is 5.06. The second-order valence-corrected chi connectivity index (χ2v) is 4.23. The zero-order chi connectivity index (χ0) is 9.45. The molecule has 0 aromatic rings. The van der Waals surface area contributed by atoms with Crippen molar-refractivity contribution in [2.24, 2.45) is 5.73 Å². The Bertz CT molecular complexity index is 94.5. The van der Waals surface area contributed by atoms with Crippen molar-refractivity contribution >= 4 is 0 Å². The van der Waals surface area contributed by atoms with Crippen LogP contribution in [0.25, 0.3) is 0 Å². The lowest BCUT2D eigenvalue weighted by Gasteiger charge is -2.18. The van der Waals surface area contributed by atoms with Crippen molar-refractivity contribution in [3.8, 4) is 0 Å². The molecule has 0 fully saturated rings. The summed E-state index contributed by atoms with van der Waals surface area (Å²) in [5.41, 5.74) is 5.75. The molecule has 0 radical (unpaired) electrons. The van der Waals surface area contributed by atoms with Crippen LogP contribution in [0.1, 0.15) is 46.5 Å². The van der Waals surface area contributed by atoms with E-state index >= 15 is 0 Å². The fourth-order valence-corrected chi connectivity index (χ4v) is 1.09. The van der Waals surface area contributed by atoms with Gasteiger partial charge in [0.05, 0.1) is 0 Å². The van der Waals surface area contributed by atoms with Gasteiger partial charge in [0.1, 0.15) is 0 Å². The minimum Gasteiger partial charge on any atom is -0.324 e. The summed E-state index contributed by atoms with van der Waals surface area (Å²) in [6.07, 6.45) is 5.29. The normalized spacial score (nSPS) is 12.0. The van der Waals surface area contributed by atoms with Crippen molar-refractivity contribution in [2.45, 2.75) is 52.0 Å². The molecule has 0 bridgehead atoms. The highest BCUT2D eigenvalue weighted by atomic mass is 14.9. The van der Waals surface area contributed by atoms with E-state index in [9.17, 15) is 0 Å². The van der Waals surface area contributed by atoms with Crippen LogP contribution < -0.4 is 11.1 Å². The first-order chi connectivity index (χ1) is 5.56. The first-order valence-corrected chi connectivity index (χ1v) is 5.06. The SMILES string of the molecule is CCCCCCNCC(C)(C)N. The summed E-state index contributed by atoms with van der Waals surface area (Å²) in [5, 5.41) is 3.36. The summed E-state index contributed by atoms with van der Waals surface area (Å²) in [7, 11) is 0. The van der Waals surface area contributed by atoms with Crippen LogP contribution in [0.4, 0.5) is 0 Å². The van der Waals surface area contributed by atoms with Crippen molar-refractivity contribution in [3.63, 3.8) is 0 Å². The van der Waals surface area contributed by atoms with Gasteiger partial charge in [0.25, 0.3) is 0 Å². The molecule has 0 aliphatic heterocycles.